The molecule has 0 amide bonds. The minimum Gasteiger partial charge on any atom is -0.455 e. The average molecular weight is 765 g/mol. The van der Waals surface area contributed by atoms with Crippen LogP contribution >= 0.6 is 0 Å². The zero-order valence-electron chi connectivity index (χ0n) is 32.6. The number of fused-ring (bicyclic) bond motifs is 7. The quantitative estimate of drug-likeness (QED) is 0.169. The Morgan fingerprint density at radius 3 is 1.50 bits per heavy atom. The molecule has 60 heavy (non-hydrogen) atoms. The van der Waals surface area contributed by atoms with Gasteiger partial charge in [-0.3, -0.25) is 0 Å². The molecule has 12 aromatic rings. The Hall–Kier alpha value is -7.94. The zero-order valence-corrected chi connectivity index (χ0v) is 32.6. The molecular formula is C58H36O2. The summed E-state index contributed by atoms with van der Waals surface area (Å²) in [6.07, 6.45) is 0. The van der Waals surface area contributed by atoms with Gasteiger partial charge in [-0.25, -0.2) is 0 Å². The van der Waals surface area contributed by atoms with Crippen molar-refractivity contribution in [3.8, 4) is 67.2 Å². The predicted octanol–water partition coefficient (Wildman–Crippen LogP) is 16.6. The molecule has 0 aliphatic rings. The molecule has 0 saturated heterocycles. The van der Waals surface area contributed by atoms with Gasteiger partial charge in [0.1, 0.15) is 22.7 Å². The van der Waals surface area contributed by atoms with Crippen LogP contribution in [0.15, 0.2) is 227 Å². The average Bonchev–Trinajstić information content (AvgIpc) is 3.92. The van der Waals surface area contributed by atoms with Crippen molar-refractivity contribution in [2.24, 2.45) is 0 Å². The van der Waals surface area contributed by atoms with Crippen LogP contribution in [-0.4, -0.2) is 0 Å². The topological polar surface area (TPSA) is 26.3 Å². The Morgan fingerprint density at radius 2 is 0.767 bits per heavy atom. The normalized spacial score (nSPS) is 11.7. The van der Waals surface area contributed by atoms with E-state index in [1.54, 1.807) is 0 Å². The monoisotopic (exact) mass is 764 g/mol. The van der Waals surface area contributed by atoms with E-state index >= 15 is 0 Å². The van der Waals surface area contributed by atoms with Gasteiger partial charge in [0.15, 0.2) is 0 Å². The highest BCUT2D eigenvalue weighted by atomic mass is 16.3. The van der Waals surface area contributed by atoms with Crippen LogP contribution in [0, 0.1) is 0 Å². The Kier molecular flexibility index (Phi) is 7.89. The molecule has 2 aromatic heterocycles. The Bertz CT molecular complexity index is 3550. The summed E-state index contributed by atoms with van der Waals surface area (Å²) < 4.78 is 14.5. The van der Waals surface area contributed by atoms with E-state index in [1.807, 2.05) is 0 Å². The van der Waals surface area contributed by atoms with Gasteiger partial charge in [0.25, 0.3) is 0 Å². The SMILES string of the molecule is c1ccc(-c2c(-c3ccc(-c4cccc5ccccc45)cc3)oc3c2cc(-c2ccccc2)c2c3ccc3c(-c4ccccc4)c(-c4ccc5ccccc5c4)oc32)cc1. The van der Waals surface area contributed by atoms with Crippen LogP contribution in [0.1, 0.15) is 0 Å². The first-order chi connectivity index (χ1) is 29.8. The molecule has 2 heteroatoms. The highest BCUT2D eigenvalue weighted by Gasteiger charge is 2.26. The summed E-state index contributed by atoms with van der Waals surface area (Å²) in [5, 5.41) is 9.00. The minimum absolute atomic E-state index is 0.837. The van der Waals surface area contributed by atoms with Crippen molar-refractivity contribution < 1.29 is 8.83 Å². The summed E-state index contributed by atoms with van der Waals surface area (Å²) in [6, 6.07) is 77.8. The molecule has 10 aromatic carbocycles. The highest BCUT2D eigenvalue weighted by Crippen LogP contribution is 2.50. The molecule has 0 unspecified atom stereocenters. The third-order valence-electron chi connectivity index (χ3n) is 12.1. The zero-order chi connectivity index (χ0) is 39.6. The molecule has 0 aliphatic carbocycles. The van der Waals surface area contributed by atoms with Crippen molar-refractivity contribution in [2.75, 3.05) is 0 Å². The molecule has 280 valence electrons. The second kappa shape index (κ2) is 13.9. The van der Waals surface area contributed by atoms with E-state index in [9.17, 15) is 0 Å². The third-order valence-corrected chi connectivity index (χ3v) is 12.1. The summed E-state index contributed by atoms with van der Waals surface area (Å²) in [7, 11) is 0. The van der Waals surface area contributed by atoms with Crippen LogP contribution in [0.25, 0.3) is 121 Å². The summed E-state index contributed by atoms with van der Waals surface area (Å²) in [5.74, 6) is 1.69. The van der Waals surface area contributed by atoms with Crippen molar-refractivity contribution in [3.05, 3.63) is 218 Å². The largest absolute Gasteiger partial charge is 0.455 e. The molecule has 0 aliphatic heterocycles. The van der Waals surface area contributed by atoms with E-state index in [0.29, 0.717) is 0 Å². The molecule has 0 radical (unpaired) electrons. The van der Waals surface area contributed by atoms with Crippen LogP contribution in [0.3, 0.4) is 0 Å². The van der Waals surface area contributed by atoms with Crippen molar-refractivity contribution in [1.82, 2.24) is 0 Å². The summed E-state index contributed by atoms with van der Waals surface area (Å²) in [4.78, 5) is 0. The second-order valence-corrected chi connectivity index (χ2v) is 15.5. The standard InChI is InChI=1S/C58H36O2/c1-4-16-39(17-5-1)50-36-51-53(42-21-8-3-9-22-42)55(43-30-28-40(29-31-43)47-26-14-24-38-18-12-13-25-46(38)47)59-57(51)49-34-33-48-52(41-19-6-2-7-20-41)56(60-58(48)54(49)50)45-32-27-37-15-10-11-23-44(37)35-45/h1-36H. The molecule has 0 bridgehead atoms. The maximum Gasteiger partial charge on any atom is 0.144 e. The Morgan fingerprint density at radius 1 is 0.250 bits per heavy atom. The molecule has 12 rings (SSSR count). The van der Waals surface area contributed by atoms with E-state index in [4.69, 9.17) is 8.83 Å². The number of hydrogen-bond acceptors (Lipinski definition) is 2. The van der Waals surface area contributed by atoms with Crippen molar-refractivity contribution in [2.45, 2.75) is 0 Å². The van der Waals surface area contributed by atoms with Crippen molar-refractivity contribution in [3.63, 3.8) is 0 Å². The molecular weight excluding hydrogens is 729 g/mol. The fraction of sp³-hybridized carbons (Fsp3) is 0. The number of benzene rings is 10. The molecule has 2 nitrogen and oxygen atoms in total. The minimum atomic E-state index is 0.837. The van der Waals surface area contributed by atoms with Crippen molar-refractivity contribution in [1.29, 1.82) is 0 Å². The van der Waals surface area contributed by atoms with E-state index < -0.39 is 0 Å². The summed E-state index contributed by atoms with van der Waals surface area (Å²) >= 11 is 0. The Balaban J connectivity index is 1.15. The molecule has 0 saturated carbocycles. The van der Waals surface area contributed by atoms with Gasteiger partial charge in [-0.2, -0.15) is 0 Å². The van der Waals surface area contributed by atoms with Gasteiger partial charge in [-0.1, -0.05) is 194 Å². The van der Waals surface area contributed by atoms with Gasteiger partial charge in [0.05, 0.1) is 0 Å². The molecule has 0 fully saturated rings. The molecule has 0 spiro atoms. The lowest BCUT2D eigenvalue weighted by Crippen LogP contribution is -1.86. The first kappa shape index (κ1) is 34.1. The number of hydrogen-bond donors (Lipinski definition) is 0. The van der Waals surface area contributed by atoms with Gasteiger partial charge in [0.2, 0.25) is 0 Å². The van der Waals surface area contributed by atoms with E-state index in [1.165, 1.54) is 32.7 Å². The van der Waals surface area contributed by atoms with Gasteiger partial charge < -0.3 is 8.83 Å². The van der Waals surface area contributed by atoms with Gasteiger partial charge >= 0.3 is 0 Å². The molecule has 2 heterocycles. The summed E-state index contributed by atoms with van der Waals surface area (Å²) in [5.41, 5.74) is 12.7. The molecule has 0 N–H and O–H groups in total. The second-order valence-electron chi connectivity index (χ2n) is 15.5. The number of furan rings is 2. The van der Waals surface area contributed by atoms with Crippen LogP contribution in [0.5, 0.6) is 0 Å². The van der Waals surface area contributed by atoms with Crippen LogP contribution in [-0.2, 0) is 0 Å². The fourth-order valence-electron chi connectivity index (χ4n) is 9.26. The van der Waals surface area contributed by atoms with Crippen LogP contribution in [0.2, 0.25) is 0 Å². The lowest BCUT2D eigenvalue weighted by Gasteiger charge is -2.10. The smallest absolute Gasteiger partial charge is 0.144 e. The lowest BCUT2D eigenvalue weighted by molar-refractivity contribution is 0.633. The number of rotatable bonds is 6. The van der Waals surface area contributed by atoms with Gasteiger partial charge in [-0.15, -0.1) is 0 Å². The maximum absolute atomic E-state index is 7.26. The van der Waals surface area contributed by atoms with Crippen molar-refractivity contribution >= 4 is 54.3 Å². The molecule has 0 atom stereocenters. The predicted molar refractivity (Wildman–Crippen MR) is 251 cm³/mol. The van der Waals surface area contributed by atoms with Crippen LogP contribution < -0.4 is 0 Å². The Labute approximate surface area is 347 Å². The van der Waals surface area contributed by atoms with Crippen LogP contribution in [0.4, 0.5) is 0 Å². The van der Waals surface area contributed by atoms with E-state index in [-0.39, 0.29) is 0 Å². The van der Waals surface area contributed by atoms with E-state index in [2.05, 4.69) is 218 Å². The lowest BCUT2D eigenvalue weighted by atomic mass is 9.90. The van der Waals surface area contributed by atoms with E-state index in [0.717, 1.165) is 88.7 Å². The highest BCUT2D eigenvalue weighted by molar-refractivity contribution is 6.25. The third kappa shape index (κ3) is 5.50. The fourth-order valence-corrected chi connectivity index (χ4v) is 9.26. The maximum atomic E-state index is 7.26. The van der Waals surface area contributed by atoms with Gasteiger partial charge in [0, 0.05) is 43.8 Å². The summed E-state index contributed by atoms with van der Waals surface area (Å²) in [6.45, 7) is 0. The first-order valence-corrected chi connectivity index (χ1v) is 20.5. The first-order valence-electron chi connectivity index (χ1n) is 20.5. The van der Waals surface area contributed by atoms with Gasteiger partial charge in [-0.05, 0) is 79.2 Å².